The molecule has 0 fully saturated rings. The van der Waals surface area contributed by atoms with Crippen molar-refractivity contribution in [2.45, 2.75) is 39.2 Å². The number of hydrogen-bond acceptors (Lipinski definition) is 3. The second-order valence-electron chi connectivity index (χ2n) is 4.73. The molecule has 0 spiro atoms. The van der Waals surface area contributed by atoms with E-state index in [2.05, 4.69) is 18.3 Å². The maximum atomic E-state index is 10.6. The highest BCUT2D eigenvalue weighted by atomic mass is 16.5. The summed E-state index contributed by atoms with van der Waals surface area (Å²) in [5.74, 6) is 0.152. The van der Waals surface area contributed by atoms with E-state index in [0.29, 0.717) is 6.42 Å². The van der Waals surface area contributed by atoms with Gasteiger partial charge in [0.05, 0.1) is 7.11 Å². The van der Waals surface area contributed by atoms with Crippen molar-refractivity contribution in [1.29, 1.82) is 0 Å². The first-order valence-corrected chi connectivity index (χ1v) is 6.54. The molecule has 0 heterocycles. The van der Waals surface area contributed by atoms with Crippen molar-refractivity contribution < 1.29 is 14.6 Å². The van der Waals surface area contributed by atoms with Gasteiger partial charge in [-0.05, 0) is 56.5 Å². The van der Waals surface area contributed by atoms with Crippen molar-refractivity contribution in [3.63, 3.8) is 0 Å². The van der Waals surface area contributed by atoms with Crippen LogP contribution in [0.4, 0.5) is 0 Å². The molecule has 0 saturated heterocycles. The number of nitrogens with one attached hydrogen (secondary N) is 1. The highest BCUT2D eigenvalue weighted by molar-refractivity contribution is 5.66. The van der Waals surface area contributed by atoms with Gasteiger partial charge in [0, 0.05) is 12.5 Å². The van der Waals surface area contributed by atoms with Gasteiger partial charge in [-0.2, -0.15) is 0 Å². The normalized spacial score (nSPS) is 12.2. The second kappa shape index (κ2) is 7.14. The molecule has 0 aliphatic rings. The number of ether oxygens (including phenoxy) is 1. The van der Waals surface area contributed by atoms with E-state index in [1.807, 2.05) is 20.0 Å². The molecule has 1 rings (SSSR count). The summed E-state index contributed by atoms with van der Waals surface area (Å²) in [4.78, 5) is 10.6. The van der Waals surface area contributed by atoms with E-state index in [0.717, 1.165) is 17.7 Å². The van der Waals surface area contributed by atoms with E-state index >= 15 is 0 Å². The molecule has 1 aromatic carbocycles. The van der Waals surface area contributed by atoms with Crippen LogP contribution in [0.2, 0.25) is 0 Å². The third kappa shape index (κ3) is 3.96. The Bertz CT molecular complexity index is 443. The fourth-order valence-electron chi connectivity index (χ4n) is 2.33. The molecule has 106 valence electrons. The summed E-state index contributed by atoms with van der Waals surface area (Å²) in [6.07, 6.45) is 1.70. The molecule has 0 amide bonds. The Morgan fingerprint density at radius 1 is 1.37 bits per heavy atom. The number of rotatable bonds is 7. The number of hydrogen-bond donors (Lipinski definition) is 2. The largest absolute Gasteiger partial charge is 0.496 e. The fraction of sp³-hybridized carbons (Fsp3) is 0.533. The van der Waals surface area contributed by atoms with Gasteiger partial charge in [0.25, 0.3) is 0 Å². The van der Waals surface area contributed by atoms with Crippen molar-refractivity contribution in [2.24, 2.45) is 0 Å². The van der Waals surface area contributed by atoms with Gasteiger partial charge in [-0.15, -0.1) is 0 Å². The number of carbonyl (C=O) groups is 1. The summed E-state index contributed by atoms with van der Waals surface area (Å²) in [5, 5.41) is 12.0. The van der Waals surface area contributed by atoms with E-state index in [1.165, 1.54) is 11.1 Å². The number of carboxylic acids is 1. The van der Waals surface area contributed by atoms with Crippen molar-refractivity contribution >= 4 is 5.97 Å². The number of benzene rings is 1. The molecule has 0 aliphatic heterocycles. The minimum absolute atomic E-state index is 0.184. The van der Waals surface area contributed by atoms with Gasteiger partial charge in [-0.25, -0.2) is 0 Å². The van der Waals surface area contributed by atoms with E-state index in [-0.39, 0.29) is 12.5 Å². The molecule has 0 bridgehead atoms. The summed E-state index contributed by atoms with van der Waals surface area (Å²) in [5.41, 5.74) is 3.55. The summed E-state index contributed by atoms with van der Waals surface area (Å²) >= 11 is 0. The molecule has 2 N–H and O–H groups in total. The predicted octanol–water partition coefficient (Wildman–Crippen LogP) is 2.83. The fourth-order valence-corrected chi connectivity index (χ4v) is 2.33. The van der Waals surface area contributed by atoms with E-state index in [4.69, 9.17) is 9.84 Å². The quantitative estimate of drug-likeness (QED) is 0.796. The van der Waals surface area contributed by atoms with Crippen LogP contribution >= 0.6 is 0 Å². The van der Waals surface area contributed by atoms with Gasteiger partial charge >= 0.3 is 5.97 Å². The van der Waals surface area contributed by atoms with Gasteiger partial charge in [0.2, 0.25) is 0 Å². The maximum absolute atomic E-state index is 10.6. The van der Waals surface area contributed by atoms with Gasteiger partial charge in [0.1, 0.15) is 5.75 Å². The summed E-state index contributed by atoms with van der Waals surface area (Å²) < 4.78 is 5.31. The lowest BCUT2D eigenvalue weighted by molar-refractivity contribution is -0.137. The van der Waals surface area contributed by atoms with Crippen molar-refractivity contribution in [3.8, 4) is 5.75 Å². The Kier molecular flexibility index (Phi) is 5.83. The lowest BCUT2D eigenvalue weighted by Crippen LogP contribution is -2.18. The van der Waals surface area contributed by atoms with Crippen molar-refractivity contribution in [3.05, 3.63) is 28.8 Å². The Labute approximate surface area is 114 Å². The van der Waals surface area contributed by atoms with Crippen LogP contribution in [-0.2, 0) is 4.79 Å². The average Bonchev–Trinajstić information content (AvgIpc) is 2.38. The molecule has 1 aromatic rings. The number of methoxy groups -OCH3 is 1. The van der Waals surface area contributed by atoms with Gasteiger partial charge < -0.3 is 15.2 Å². The van der Waals surface area contributed by atoms with E-state index in [9.17, 15) is 4.79 Å². The standard InChI is InChI=1S/C15H23NO3/c1-10-11(2)14(19-4)9-8-12(10)13(16-3)6-5-7-15(17)18/h8-9,13,16H,5-7H2,1-4H3,(H,17,18). The Hall–Kier alpha value is -1.55. The van der Waals surface area contributed by atoms with Crippen LogP contribution in [0.5, 0.6) is 5.75 Å². The van der Waals surface area contributed by atoms with Crippen LogP contribution in [0.1, 0.15) is 42.0 Å². The molecule has 4 heteroatoms. The predicted molar refractivity (Wildman–Crippen MR) is 75.8 cm³/mol. The highest BCUT2D eigenvalue weighted by Gasteiger charge is 2.15. The zero-order chi connectivity index (χ0) is 14.4. The highest BCUT2D eigenvalue weighted by Crippen LogP contribution is 2.29. The molecule has 19 heavy (non-hydrogen) atoms. The Morgan fingerprint density at radius 3 is 2.58 bits per heavy atom. The van der Waals surface area contributed by atoms with Crippen LogP contribution < -0.4 is 10.1 Å². The lowest BCUT2D eigenvalue weighted by atomic mass is 9.93. The zero-order valence-electron chi connectivity index (χ0n) is 12.1. The SMILES string of the molecule is CNC(CCCC(=O)O)c1ccc(OC)c(C)c1C. The van der Waals surface area contributed by atoms with Gasteiger partial charge in [-0.3, -0.25) is 4.79 Å². The molecule has 1 unspecified atom stereocenters. The monoisotopic (exact) mass is 265 g/mol. The van der Waals surface area contributed by atoms with Crippen molar-refractivity contribution in [1.82, 2.24) is 5.32 Å². The maximum Gasteiger partial charge on any atom is 0.303 e. The molecule has 0 aromatic heterocycles. The molecule has 4 nitrogen and oxygen atoms in total. The van der Waals surface area contributed by atoms with Gasteiger partial charge in [0.15, 0.2) is 0 Å². The Balaban J connectivity index is 2.86. The molecule has 0 radical (unpaired) electrons. The molecular weight excluding hydrogens is 242 g/mol. The first kappa shape index (κ1) is 15.5. The van der Waals surface area contributed by atoms with Crippen LogP contribution in [0.3, 0.4) is 0 Å². The van der Waals surface area contributed by atoms with Crippen LogP contribution in [-0.4, -0.2) is 25.2 Å². The van der Waals surface area contributed by atoms with Crippen LogP contribution in [0.25, 0.3) is 0 Å². The summed E-state index contributed by atoms with van der Waals surface area (Å²) in [6.45, 7) is 4.12. The first-order valence-electron chi connectivity index (χ1n) is 6.54. The molecule has 0 aliphatic carbocycles. The first-order chi connectivity index (χ1) is 9.01. The summed E-state index contributed by atoms with van der Waals surface area (Å²) in [7, 11) is 3.58. The summed E-state index contributed by atoms with van der Waals surface area (Å²) in [6, 6.07) is 4.21. The topological polar surface area (TPSA) is 58.6 Å². The average molecular weight is 265 g/mol. The molecule has 1 atom stereocenters. The van der Waals surface area contributed by atoms with Gasteiger partial charge in [-0.1, -0.05) is 6.07 Å². The molecule has 0 saturated carbocycles. The van der Waals surface area contributed by atoms with Crippen molar-refractivity contribution in [2.75, 3.05) is 14.2 Å². The number of aliphatic carboxylic acids is 1. The zero-order valence-corrected chi connectivity index (χ0v) is 12.1. The van der Waals surface area contributed by atoms with E-state index in [1.54, 1.807) is 7.11 Å². The molecular formula is C15H23NO3. The smallest absolute Gasteiger partial charge is 0.303 e. The van der Waals surface area contributed by atoms with Crippen LogP contribution in [0, 0.1) is 13.8 Å². The third-order valence-electron chi connectivity index (χ3n) is 3.61. The minimum atomic E-state index is -0.738. The third-order valence-corrected chi connectivity index (χ3v) is 3.61. The Morgan fingerprint density at radius 2 is 2.05 bits per heavy atom. The van der Waals surface area contributed by atoms with Crippen LogP contribution in [0.15, 0.2) is 12.1 Å². The second-order valence-corrected chi connectivity index (χ2v) is 4.73. The van der Waals surface area contributed by atoms with E-state index < -0.39 is 5.97 Å². The number of carboxylic acid groups (broad SMARTS) is 1. The lowest BCUT2D eigenvalue weighted by Gasteiger charge is -2.21. The minimum Gasteiger partial charge on any atom is -0.496 e.